The minimum absolute atomic E-state index is 0.0255. The number of alkyl halides is 2. The van der Waals surface area contributed by atoms with Gasteiger partial charge in [0.05, 0.1) is 31.8 Å². The molecule has 1 aliphatic heterocycles. The summed E-state index contributed by atoms with van der Waals surface area (Å²) in [4.78, 5) is 6.07. The quantitative estimate of drug-likeness (QED) is 0.828. The number of allylic oxidation sites excluding steroid dienone is 1. The number of halogens is 3. The van der Waals surface area contributed by atoms with Gasteiger partial charge in [0.2, 0.25) is 0 Å². The first-order valence-electron chi connectivity index (χ1n) is 7.05. The summed E-state index contributed by atoms with van der Waals surface area (Å²) in [6.07, 6.45) is 2.50. The molecule has 0 atom stereocenters. The fraction of sp³-hybridized carbons (Fsp3) is 0.267. The van der Waals surface area contributed by atoms with Crippen molar-refractivity contribution in [3.05, 3.63) is 52.6 Å². The molecular formula is C15H14ClF2N5O. The molecule has 0 aliphatic carbocycles. The second kappa shape index (κ2) is 6.96. The number of hydrogen-bond acceptors (Lipinski definition) is 5. The normalized spacial score (nSPS) is 14.2. The molecule has 3 rings (SSSR count). The second-order valence-electron chi connectivity index (χ2n) is 5.10. The average Bonchev–Trinajstić information content (AvgIpc) is 3.03. The van der Waals surface area contributed by atoms with Crippen LogP contribution in [0.1, 0.15) is 17.7 Å². The number of hydrogen-bond donors (Lipinski definition) is 0. The molecule has 1 aliphatic rings. The Hall–Kier alpha value is -2.48. The van der Waals surface area contributed by atoms with Gasteiger partial charge in [-0.1, -0.05) is 16.8 Å². The Balaban J connectivity index is 1.78. The molecule has 1 aromatic heterocycles. The SMILES string of the molecule is COC1=CN(Cc2cn(-c3ccc(Cl)c(C(F)F)c3)nn2)CN=C1. The zero-order chi connectivity index (χ0) is 17.1. The van der Waals surface area contributed by atoms with E-state index in [4.69, 9.17) is 16.3 Å². The highest BCUT2D eigenvalue weighted by Crippen LogP contribution is 2.28. The van der Waals surface area contributed by atoms with E-state index in [9.17, 15) is 8.78 Å². The van der Waals surface area contributed by atoms with Crippen LogP contribution in [-0.2, 0) is 11.3 Å². The van der Waals surface area contributed by atoms with Crippen LogP contribution in [0, 0.1) is 0 Å². The van der Waals surface area contributed by atoms with Crippen molar-refractivity contribution >= 4 is 17.8 Å². The van der Waals surface area contributed by atoms with Crippen molar-refractivity contribution in [1.82, 2.24) is 19.9 Å². The molecule has 0 N–H and O–H groups in total. The van der Waals surface area contributed by atoms with Gasteiger partial charge < -0.3 is 9.64 Å². The zero-order valence-corrected chi connectivity index (χ0v) is 13.5. The van der Waals surface area contributed by atoms with Crippen molar-refractivity contribution in [2.45, 2.75) is 13.0 Å². The zero-order valence-electron chi connectivity index (χ0n) is 12.7. The van der Waals surface area contributed by atoms with Crippen LogP contribution in [0.4, 0.5) is 8.78 Å². The molecule has 0 radical (unpaired) electrons. The molecule has 2 aromatic rings. The monoisotopic (exact) mass is 353 g/mol. The molecule has 9 heteroatoms. The molecule has 6 nitrogen and oxygen atoms in total. The van der Waals surface area contributed by atoms with E-state index in [1.54, 1.807) is 25.6 Å². The Labute approximate surface area is 142 Å². The summed E-state index contributed by atoms with van der Waals surface area (Å²) in [6.45, 7) is 0.954. The lowest BCUT2D eigenvalue weighted by atomic mass is 10.2. The van der Waals surface area contributed by atoms with Gasteiger partial charge in [-0.05, 0) is 18.2 Å². The molecule has 0 amide bonds. The fourth-order valence-electron chi connectivity index (χ4n) is 2.24. The summed E-state index contributed by atoms with van der Waals surface area (Å²) in [7, 11) is 1.57. The first-order valence-corrected chi connectivity index (χ1v) is 7.43. The number of benzene rings is 1. The van der Waals surface area contributed by atoms with E-state index in [-0.39, 0.29) is 10.6 Å². The fourth-order valence-corrected chi connectivity index (χ4v) is 2.44. The predicted octanol–water partition coefficient (Wildman–Crippen LogP) is 3.19. The van der Waals surface area contributed by atoms with Gasteiger partial charge >= 0.3 is 0 Å². The summed E-state index contributed by atoms with van der Waals surface area (Å²) >= 11 is 5.78. The Morgan fingerprint density at radius 2 is 2.21 bits per heavy atom. The molecule has 1 aromatic carbocycles. The van der Waals surface area contributed by atoms with Crippen molar-refractivity contribution < 1.29 is 13.5 Å². The molecule has 0 spiro atoms. The molecule has 0 saturated heterocycles. The van der Waals surface area contributed by atoms with Gasteiger partial charge in [-0.15, -0.1) is 5.10 Å². The Kier molecular flexibility index (Phi) is 4.75. The highest BCUT2D eigenvalue weighted by molar-refractivity contribution is 6.31. The number of aromatic nitrogens is 3. The van der Waals surface area contributed by atoms with Crippen molar-refractivity contribution in [1.29, 1.82) is 0 Å². The lowest BCUT2D eigenvalue weighted by Crippen LogP contribution is -2.21. The van der Waals surface area contributed by atoms with Crippen LogP contribution in [0.25, 0.3) is 5.69 Å². The summed E-state index contributed by atoms with van der Waals surface area (Å²) in [5, 5.41) is 8.07. The predicted molar refractivity (Wildman–Crippen MR) is 85.3 cm³/mol. The van der Waals surface area contributed by atoms with E-state index in [1.807, 2.05) is 11.1 Å². The topological polar surface area (TPSA) is 55.5 Å². The summed E-state index contributed by atoms with van der Waals surface area (Å²) in [6, 6.07) is 4.34. The molecule has 0 fully saturated rings. The minimum Gasteiger partial charge on any atom is -0.494 e. The largest absolute Gasteiger partial charge is 0.494 e. The van der Waals surface area contributed by atoms with Crippen LogP contribution >= 0.6 is 11.6 Å². The number of aliphatic imine (C=N–C) groups is 1. The molecule has 0 bridgehead atoms. The van der Waals surface area contributed by atoms with E-state index >= 15 is 0 Å². The Bertz CT molecular complexity index is 790. The second-order valence-corrected chi connectivity index (χ2v) is 5.50. The summed E-state index contributed by atoms with van der Waals surface area (Å²) in [5.41, 5.74) is 0.912. The summed E-state index contributed by atoms with van der Waals surface area (Å²) in [5.74, 6) is 0.646. The molecule has 126 valence electrons. The smallest absolute Gasteiger partial charge is 0.265 e. The first-order chi connectivity index (χ1) is 11.6. The van der Waals surface area contributed by atoms with E-state index in [2.05, 4.69) is 15.3 Å². The average molecular weight is 354 g/mol. The van der Waals surface area contributed by atoms with E-state index in [1.165, 1.54) is 16.8 Å². The van der Waals surface area contributed by atoms with Gasteiger partial charge in [0.15, 0.2) is 5.76 Å². The number of ether oxygens (including phenoxy) is 1. The van der Waals surface area contributed by atoms with Gasteiger partial charge in [0, 0.05) is 16.8 Å². The van der Waals surface area contributed by atoms with Crippen molar-refractivity contribution in [2.75, 3.05) is 13.8 Å². The molecule has 0 unspecified atom stereocenters. The minimum atomic E-state index is -2.65. The third-order valence-corrected chi connectivity index (χ3v) is 3.76. The third kappa shape index (κ3) is 3.53. The maximum atomic E-state index is 12.9. The van der Waals surface area contributed by atoms with Crippen molar-refractivity contribution in [2.24, 2.45) is 4.99 Å². The standard InChI is InChI=1S/C15H14ClF2N5O/c1-24-12-5-19-9-22(8-12)6-10-7-23(21-20-10)11-2-3-14(16)13(4-11)15(17)18/h2-5,7-8,15H,6,9H2,1H3. The van der Waals surface area contributed by atoms with E-state index in [0.717, 1.165) is 0 Å². The van der Waals surface area contributed by atoms with Crippen LogP contribution in [0.5, 0.6) is 0 Å². The van der Waals surface area contributed by atoms with Crippen LogP contribution in [-0.4, -0.2) is 39.9 Å². The van der Waals surface area contributed by atoms with Gasteiger partial charge in [-0.3, -0.25) is 4.99 Å². The lowest BCUT2D eigenvalue weighted by molar-refractivity contribution is 0.151. The molecular weight excluding hydrogens is 340 g/mol. The Morgan fingerprint density at radius 1 is 1.38 bits per heavy atom. The van der Waals surface area contributed by atoms with Crippen molar-refractivity contribution in [3.8, 4) is 5.69 Å². The first kappa shape index (κ1) is 16.4. The lowest BCUT2D eigenvalue weighted by Gasteiger charge is -2.20. The highest BCUT2D eigenvalue weighted by atomic mass is 35.5. The van der Waals surface area contributed by atoms with Gasteiger partial charge in [0.25, 0.3) is 6.43 Å². The third-order valence-electron chi connectivity index (χ3n) is 3.41. The van der Waals surface area contributed by atoms with Gasteiger partial charge in [0.1, 0.15) is 12.4 Å². The number of rotatable bonds is 5. The van der Waals surface area contributed by atoms with Crippen LogP contribution in [0.2, 0.25) is 5.02 Å². The Morgan fingerprint density at radius 3 is 2.96 bits per heavy atom. The van der Waals surface area contributed by atoms with Crippen LogP contribution < -0.4 is 0 Å². The van der Waals surface area contributed by atoms with Crippen LogP contribution in [0.3, 0.4) is 0 Å². The summed E-state index contributed by atoms with van der Waals surface area (Å²) < 4.78 is 32.4. The van der Waals surface area contributed by atoms with E-state index in [0.29, 0.717) is 30.4 Å². The molecule has 24 heavy (non-hydrogen) atoms. The molecule has 2 heterocycles. The number of nitrogens with zero attached hydrogens (tertiary/aromatic N) is 5. The maximum absolute atomic E-state index is 12.9. The highest BCUT2D eigenvalue weighted by Gasteiger charge is 2.15. The maximum Gasteiger partial charge on any atom is 0.265 e. The van der Waals surface area contributed by atoms with Crippen molar-refractivity contribution in [3.63, 3.8) is 0 Å². The van der Waals surface area contributed by atoms with Gasteiger partial charge in [-0.25, -0.2) is 13.5 Å². The van der Waals surface area contributed by atoms with Crippen LogP contribution in [0.15, 0.2) is 41.3 Å². The number of methoxy groups -OCH3 is 1. The molecule has 0 saturated carbocycles. The van der Waals surface area contributed by atoms with E-state index < -0.39 is 6.43 Å². The van der Waals surface area contributed by atoms with Gasteiger partial charge in [-0.2, -0.15) is 0 Å².